The highest BCUT2D eigenvalue weighted by Crippen LogP contribution is 2.23. The maximum atomic E-state index is 2.28. The summed E-state index contributed by atoms with van der Waals surface area (Å²) in [6, 6.07) is 10.3. The Morgan fingerprint density at radius 1 is 0.857 bits per heavy atom. The number of aryl methyl sites for hydroxylation is 1. The van der Waals surface area contributed by atoms with E-state index in [2.05, 4.69) is 46.8 Å². The monoisotopic (exact) mass is 210 g/mol. The summed E-state index contributed by atoms with van der Waals surface area (Å²) < 4.78 is 0. The van der Waals surface area contributed by atoms with Crippen LogP contribution in [0.25, 0.3) is 0 Å². The third-order valence-electron chi connectivity index (χ3n) is 1.61. The van der Waals surface area contributed by atoms with Crippen molar-refractivity contribution in [2.45, 2.75) is 45.9 Å². The van der Waals surface area contributed by atoms with Crippen LogP contribution in [0.4, 0.5) is 0 Å². The van der Waals surface area contributed by atoms with Gasteiger partial charge in [0.1, 0.15) is 0 Å². The Kier molecular flexibility index (Phi) is 7.80. The number of hydrogen-bond donors (Lipinski definition) is 0. The first-order valence-corrected chi connectivity index (χ1v) is 6.45. The van der Waals surface area contributed by atoms with Gasteiger partial charge in [0.15, 0.2) is 0 Å². The van der Waals surface area contributed by atoms with Crippen LogP contribution in [0.2, 0.25) is 0 Å². The first-order valence-electron chi connectivity index (χ1n) is 5.30. The Balaban J connectivity index is 0.000000241. The molecule has 0 nitrogen and oxygen atoms in total. The van der Waals surface area contributed by atoms with Gasteiger partial charge < -0.3 is 0 Å². The molecule has 0 saturated heterocycles. The van der Waals surface area contributed by atoms with Gasteiger partial charge in [-0.15, -0.1) is 8.58 Å². The molecule has 0 unspecified atom stereocenters. The third-order valence-corrected chi connectivity index (χ3v) is 2.94. The fourth-order valence-corrected chi connectivity index (χ4v) is 2.53. The molecule has 1 rings (SSSR count). The molecule has 14 heavy (non-hydrogen) atoms. The van der Waals surface area contributed by atoms with Crippen LogP contribution in [-0.4, -0.2) is 11.3 Å². The summed E-state index contributed by atoms with van der Waals surface area (Å²) in [4.78, 5) is 0. The van der Waals surface area contributed by atoms with E-state index in [1.54, 1.807) is 0 Å². The lowest BCUT2D eigenvalue weighted by Gasteiger charge is -2.06. The molecular formula is C13H23P. The van der Waals surface area contributed by atoms with E-state index < -0.39 is 0 Å². The van der Waals surface area contributed by atoms with Gasteiger partial charge in [0.25, 0.3) is 0 Å². The van der Waals surface area contributed by atoms with Crippen LogP contribution in [0.5, 0.6) is 0 Å². The van der Waals surface area contributed by atoms with Crippen molar-refractivity contribution in [3.63, 3.8) is 0 Å². The maximum Gasteiger partial charge on any atom is -0.0291 e. The molecule has 0 heterocycles. The van der Waals surface area contributed by atoms with E-state index in [0.717, 1.165) is 19.9 Å². The molecule has 0 aliphatic rings. The molecule has 0 atom stereocenters. The number of benzene rings is 1. The summed E-state index contributed by atoms with van der Waals surface area (Å²) in [6.07, 6.45) is 0. The molecule has 1 aromatic rings. The second-order valence-corrected chi connectivity index (χ2v) is 6.77. The summed E-state index contributed by atoms with van der Waals surface area (Å²) in [6.45, 7) is 11.2. The van der Waals surface area contributed by atoms with E-state index in [9.17, 15) is 0 Å². The van der Waals surface area contributed by atoms with Crippen LogP contribution in [0, 0.1) is 6.92 Å². The van der Waals surface area contributed by atoms with Crippen LogP contribution in [0.3, 0.4) is 0 Å². The highest BCUT2D eigenvalue weighted by atomic mass is 31.1. The van der Waals surface area contributed by atoms with E-state index in [0.29, 0.717) is 0 Å². The predicted octanol–water partition coefficient (Wildman–Crippen LogP) is 4.48. The molecule has 0 spiro atoms. The predicted molar refractivity (Wildman–Crippen MR) is 69.8 cm³/mol. The van der Waals surface area contributed by atoms with Crippen LogP contribution in [0.15, 0.2) is 30.3 Å². The van der Waals surface area contributed by atoms with Gasteiger partial charge in [-0.1, -0.05) is 63.6 Å². The van der Waals surface area contributed by atoms with Crippen molar-refractivity contribution in [2.75, 3.05) is 0 Å². The molecule has 0 amide bonds. The van der Waals surface area contributed by atoms with Gasteiger partial charge in [0, 0.05) is 0 Å². The van der Waals surface area contributed by atoms with E-state index in [4.69, 9.17) is 0 Å². The van der Waals surface area contributed by atoms with Crippen LogP contribution in [0.1, 0.15) is 33.3 Å². The zero-order chi connectivity index (χ0) is 11.0. The van der Waals surface area contributed by atoms with Crippen molar-refractivity contribution in [1.82, 2.24) is 0 Å². The lowest BCUT2D eigenvalue weighted by atomic mass is 10.2. The quantitative estimate of drug-likeness (QED) is 0.631. The molecule has 1 aromatic carbocycles. The Bertz CT molecular complexity index is 208. The SMILES string of the molecule is CC(C)PC(C)C.Cc1ccccc1. The fraction of sp³-hybridized carbons (Fsp3) is 0.538. The fourth-order valence-electron chi connectivity index (χ4n) is 1.20. The standard InChI is InChI=1S/C7H8.C6H15P/c1-7-5-3-2-4-6-7;1-5(2)7-6(3)4/h2-6H,1H3;5-7H,1-4H3. The molecule has 0 radical (unpaired) electrons. The van der Waals surface area contributed by atoms with E-state index in [1.165, 1.54) is 5.56 Å². The molecule has 0 bridgehead atoms. The summed E-state index contributed by atoms with van der Waals surface area (Å²) in [5, 5.41) is 0. The average molecular weight is 210 g/mol. The minimum Gasteiger partial charge on any atom is -0.117 e. The van der Waals surface area contributed by atoms with Crippen molar-refractivity contribution in [1.29, 1.82) is 0 Å². The molecule has 0 saturated carbocycles. The zero-order valence-electron chi connectivity index (χ0n) is 10.0. The second-order valence-electron chi connectivity index (χ2n) is 4.13. The van der Waals surface area contributed by atoms with Gasteiger partial charge in [-0.3, -0.25) is 0 Å². The van der Waals surface area contributed by atoms with Crippen LogP contribution < -0.4 is 0 Å². The summed E-state index contributed by atoms with van der Waals surface area (Å²) in [7, 11) is 1.15. The van der Waals surface area contributed by atoms with Crippen molar-refractivity contribution in [3.8, 4) is 0 Å². The van der Waals surface area contributed by atoms with Crippen molar-refractivity contribution in [3.05, 3.63) is 35.9 Å². The van der Waals surface area contributed by atoms with Crippen LogP contribution >= 0.6 is 8.58 Å². The maximum absolute atomic E-state index is 2.28. The van der Waals surface area contributed by atoms with Gasteiger partial charge in [0.2, 0.25) is 0 Å². The van der Waals surface area contributed by atoms with Crippen molar-refractivity contribution in [2.24, 2.45) is 0 Å². The Morgan fingerprint density at radius 2 is 1.29 bits per heavy atom. The zero-order valence-corrected chi connectivity index (χ0v) is 11.0. The van der Waals surface area contributed by atoms with Crippen molar-refractivity contribution < 1.29 is 0 Å². The Morgan fingerprint density at radius 3 is 1.43 bits per heavy atom. The minimum atomic E-state index is 0.903. The lowest BCUT2D eigenvalue weighted by Crippen LogP contribution is -1.90. The van der Waals surface area contributed by atoms with Crippen LogP contribution in [-0.2, 0) is 0 Å². The summed E-state index contributed by atoms with van der Waals surface area (Å²) in [5.74, 6) is 0. The average Bonchev–Trinajstić information content (AvgIpc) is 2.03. The van der Waals surface area contributed by atoms with E-state index >= 15 is 0 Å². The highest BCUT2D eigenvalue weighted by Gasteiger charge is 1.95. The lowest BCUT2D eigenvalue weighted by molar-refractivity contribution is 1.03. The van der Waals surface area contributed by atoms with E-state index in [-0.39, 0.29) is 0 Å². The first-order chi connectivity index (χ1) is 6.52. The summed E-state index contributed by atoms with van der Waals surface area (Å²) >= 11 is 0. The van der Waals surface area contributed by atoms with Gasteiger partial charge in [-0.25, -0.2) is 0 Å². The molecule has 80 valence electrons. The van der Waals surface area contributed by atoms with Crippen molar-refractivity contribution >= 4 is 8.58 Å². The van der Waals surface area contributed by atoms with E-state index in [1.807, 2.05) is 18.2 Å². The van der Waals surface area contributed by atoms with Gasteiger partial charge in [0.05, 0.1) is 0 Å². The molecule has 0 fully saturated rings. The van der Waals surface area contributed by atoms with Gasteiger partial charge in [-0.2, -0.15) is 0 Å². The second kappa shape index (κ2) is 8.00. The third kappa shape index (κ3) is 9.74. The molecular weight excluding hydrogens is 187 g/mol. The minimum absolute atomic E-state index is 0.903. The Hall–Kier alpha value is -0.350. The van der Waals surface area contributed by atoms with Gasteiger partial charge in [-0.05, 0) is 18.2 Å². The Labute approximate surface area is 90.9 Å². The number of hydrogen-bond acceptors (Lipinski definition) is 0. The number of rotatable bonds is 2. The first kappa shape index (κ1) is 13.7. The molecule has 0 aromatic heterocycles. The largest absolute Gasteiger partial charge is 0.117 e. The smallest absolute Gasteiger partial charge is 0.0291 e. The van der Waals surface area contributed by atoms with Gasteiger partial charge >= 0.3 is 0 Å². The molecule has 0 aliphatic heterocycles. The highest BCUT2D eigenvalue weighted by molar-refractivity contribution is 7.39. The molecule has 0 aliphatic carbocycles. The molecule has 0 N–H and O–H groups in total. The topological polar surface area (TPSA) is 0 Å². The normalized spacial score (nSPS) is 9.93. The summed E-state index contributed by atoms with van der Waals surface area (Å²) in [5.41, 5.74) is 3.13. The molecule has 1 heteroatoms.